The molecular weight excluding hydrogens is 208 g/mol. The van der Waals surface area contributed by atoms with Crippen LogP contribution in [0.3, 0.4) is 0 Å². The Labute approximate surface area is 93.9 Å². The largest absolute Gasteiger partial charge is 0.152 e. The highest BCUT2D eigenvalue weighted by molar-refractivity contribution is 6.29. The normalized spacial score (nSPS) is 10.3. The lowest BCUT2D eigenvalue weighted by Crippen LogP contribution is -1.91. The van der Waals surface area contributed by atoms with Crippen LogP contribution in [0.5, 0.6) is 0 Å². The van der Waals surface area contributed by atoms with Crippen LogP contribution in [0.25, 0.3) is 11.3 Å². The minimum Gasteiger partial charge on any atom is -0.149 e. The predicted octanol–water partition coefficient (Wildman–Crippen LogP) is 3.41. The molecule has 0 radical (unpaired) electrons. The third-order valence-corrected chi connectivity index (χ3v) is 2.46. The first-order chi connectivity index (χ1) is 7.16. The number of rotatable bonds is 1. The highest BCUT2D eigenvalue weighted by atomic mass is 35.5. The molecule has 15 heavy (non-hydrogen) atoms. The van der Waals surface area contributed by atoms with Gasteiger partial charge >= 0.3 is 0 Å². The molecular formula is C12H11ClN2. The van der Waals surface area contributed by atoms with Crippen LogP contribution in [0.15, 0.2) is 30.3 Å². The third-order valence-electron chi connectivity index (χ3n) is 2.28. The van der Waals surface area contributed by atoms with Gasteiger partial charge in [-0.25, -0.2) is 0 Å². The van der Waals surface area contributed by atoms with Crippen molar-refractivity contribution in [3.05, 3.63) is 46.6 Å². The molecule has 0 N–H and O–H groups in total. The molecule has 2 rings (SSSR count). The summed E-state index contributed by atoms with van der Waals surface area (Å²) in [5, 5.41) is 8.38. The smallest absolute Gasteiger partial charge is 0.149 e. The van der Waals surface area contributed by atoms with E-state index in [2.05, 4.69) is 29.3 Å². The van der Waals surface area contributed by atoms with Crippen molar-refractivity contribution >= 4 is 11.6 Å². The lowest BCUT2D eigenvalue weighted by Gasteiger charge is -2.04. The van der Waals surface area contributed by atoms with E-state index in [9.17, 15) is 0 Å². The Hall–Kier alpha value is -1.41. The highest BCUT2D eigenvalue weighted by Gasteiger charge is 2.04. The zero-order valence-corrected chi connectivity index (χ0v) is 9.42. The van der Waals surface area contributed by atoms with Gasteiger partial charge in [-0.1, -0.05) is 41.4 Å². The van der Waals surface area contributed by atoms with E-state index in [0.29, 0.717) is 5.15 Å². The van der Waals surface area contributed by atoms with E-state index in [1.165, 1.54) is 5.56 Å². The second-order valence-electron chi connectivity index (χ2n) is 3.56. The first-order valence-corrected chi connectivity index (χ1v) is 5.11. The van der Waals surface area contributed by atoms with Crippen LogP contribution in [0.2, 0.25) is 5.15 Å². The molecule has 1 heterocycles. The molecule has 0 aliphatic carbocycles. The first-order valence-electron chi connectivity index (χ1n) is 4.73. The fraction of sp³-hybridized carbons (Fsp3) is 0.167. The van der Waals surface area contributed by atoms with E-state index in [1.54, 1.807) is 0 Å². The molecule has 0 bridgehead atoms. The van der Waals surface area contributed by atoms with Crippen LogP contribution in [0.1, 0.15) is 11.1 Å². The molecule has 3 heteroatoms. The van der Waals surface area contributed by atoms with Gasteiger partial charge in [0.1, 0.15) is 0 Å². The summed E-state index contributed by atoms with van der Waals surface area (Å²) >= 11 is 5.76. The maximum atomic E-state index is 5.76. The van der Waals surface area contributed by atoms with E-state index < -0.39 is 0 Å². The van der Waals surface area contributed by atoms with Gasteiger partial charge in [0.15, 0.2) is 5.15 Å². The average Bonchev–Trinajstić information content (AvgIpc) is 2.20. The van der Waals surface area contributed by atoms with Gasteiger partial charge in [-0.3, -0.25) is 0 Å². The van der Waals surface area contributed by atoms with Crippen molar-refractivity contribution in [2.75, 3.05) is 0 Å². The second-order valence-corrected chi connectivity index (χ2v) is 3.95. The van der Waals surface area contributed by atoms with Gasteiger partial charge in [0.05, 0.1) is 5.69 Å². The van der Waals surface area contributed by atoms with E-state index in [-0.39, 0.29) is 0 Å². The van der Waals surface area contributed by atoms with E-state index in [1.807, 2.05) is 25.1 Å². The van der Waals surface area contributed by atoms with Crippen LogP contribution >= 0.6 is 11.6 Å². The van der Waals surface area contributed by atoms with Crippen molar-refractivity contribution in [2.45, 2.75) is 13.8 Å². The van der Waals surface area contributed by atoms with Crippen molar-refractivity contribution in [3.8, 4) is 11.3 Å². The Morgan fingerprint density at radius 2 is 1.67 bits per heavy atom. The Morgan fingerprint density at radius 3 is 2.27 bits per heavy atom. The van der Waals surface area contributed by atoms with Gasteiger partial charge in [-0.15, -0.1) is 10.2 Å². The molecule has 0 aliphatic rings. The molecule has 2 nitrogen and oxygen atoms in total. The molecule has 0 aliphatic heterocycles. The number of benzene rings is 1. The summed E-state index contributed by atoms with van der Waals surface area (Å²) in [6.07, 6.45) is 0. The van der Waals surface area contributed by atoms with Crippen LogP contribution in [0.4, 0.5) is 0 Å². The van der Waals surface area contributed by atoms with Gasteiger partial charge in [-0.2, -0.15) is 0 Å². The van der Waals surface area contributed by atoms with Gasteiger partial charge in [0.25, 0.3) is 0 Å². The van der Waals surface area contributed by atoms with Gasteiger partial charge in [0, 0.05) is 5.56 Å². The summed E-state index contributed by atoms with van der Waals surface area (Å²) in [4.78, 5) is 0. The summed E-state index contributed by atoms with van der Waals surface area (Å²) in [5.41, 5.74) is 4.24. The quantitative estimate of drug-likeness (QED) is 0.733. The molecule has 0 spiro atoms. The lowest BCUT2D eigenvalue weighted by molar-refractivity contribution is 1.02. The van der Waals surface area contributed by atoms with Crippen molar-refractivity contribution in [1.29, 1.82) is 0 Å². The number of hydrogen-bond acceptors (Lipinski definition) is 2. The number of halogens is 1. The fourth-order valence-electron chi connectivity index (χ4n) is 1.45. The molecule has 1 aromatic carbocycles. The van der Waals surface area contributed by atoms with Gasteiger partial charge < -0.3 is 0 Å². The first kappa shape index (κ1) is 10.1. The van der Waals surface area contributed by atoms with E-state index in [0.717, 1.165) is 16.8 Å². The predicted molar refractivity (Wildman–Crippen MR) is 62.0 cm³/mol. The topological polar surface area (TPSA) is 25.8 Å². The minimum atomic E-state index is 0.434. The Balaban J connectivity index is 2.49. The summed E-state index contributed by atoms with van der Waals surface area (Å²) in [7, 11) is 0. The maximum Gasteiger partial charge on any atom is 0.152 e. The van der Waals surface area contributed by atoms with Crippen LogP contribution < -0.4 is 0 Å². The fourth-order valence-corrected chi connectivity index (χ4v) is 1.65. The summed E-state index contributed by atoms with van der Waals surface area (Å²) < 4.78 is 0. The van der Waals surface area contributed by atoms with Crippen LogP contribution in [-0.4, -0.2) is 10.2 Å². The molecule has 1 aromatic heterocycles. The molecule has 0 amide bonds. The molecule has 0 saturated carbocycles. The Kier molecular flexibility index (Phi) is 2.69. The summed E-state index contributed by atoms with van der Waals surface area (Å²) in [6, 6.07) is 10.0. The maximum absolute atomic E-state index is 5.76. The van der Waals surface area contributed by atoms with Crippen molar-refractivity contribution in [3.63, 3.8) is 0 Å². The lowest BCUT2D eigenvalue weighted by atomic mass is 10.1. The summed E-state index contributed by atoms with van der Waals surface area (Å²) in [6.45, 7) is 4.04. The summed E-state index contributed by atoms with van der Waals surface area (Å²) in [5.74, 6) is 0. The van der Waals surface area contributed by atoms with E-state index in [4.69, 9.17) is 11.6 Å². The Bertz CT molecular complexity index is 477. The van der Waals surface area contributed by atoms with E-state index >= 15 is 0 Å². The molecule has 0 atom stereocenters. The van der Waals surface area contributed by atoms with Crippen molar-refractivity contribution in [1.82, 2.24) is 10.2 Å². The minimum absolute atomic E-state index is 0.434. The SMILES string of the molecule is Cc1ccc(-c2nnc(Cl)cc2C)cc1. The number of aryl methyl sites for hydroxylation is 2. The third kappa shape index (κ3) is 2.16. The van der Waals surface area contributed by atoms with Crippen molar-refractivity contribution < 1.29 is 0 Å². The highest BCUT2D eigenvalue weighted by Crippen LogP contribution is 2.21. The number of hydrogen-bond donors (Lipinski definition) is 0. The molecule has 76 valence electrons. The van der Waals surface area contributed by atoms with Gasteiger partial charge in [-0.05, 0) is 25.5 Å². The molecule has 0 saturated heterocycles. The second kappa shape index (κ2) is 3.99. The van der Waals surface area contributed by atoms with Crippen LogP contribution in [-0.2, 0) is 0 Å². The number of nitrogens with zero attached hydrogens (tertiary/aromatic N) is 2. The van der Waals surface area contributed by atoms with Gasteiger partial charge in [0.2, 0.25) is 0 Å². The Morgan fingerprint density at radius 1 is 1.00 bits per heavy atom. The molecule has 2 aromatic rings. The monoisotopic (exact) mass is 218 g/mol. The standard InChI is InChI=1S/C12H11ClN2/c1-8-3-5-10(6-4-8)12-9(2)7-11(13)14-15-12/h3-7H,1-2H3. The zero-order chi connectivity index (χ0) is 10.8. The van der Waals surface area contributed by atoms with Crippen LogP contribution in [0, 0.1) is 13.8 Å². The molecule has 0 fully saturated rings. The average molecular weight is 219 g/mol. The molecule has 0 unspecified atom stereocenters. The zero-order valence-electron chi connectivity index (χ0n) is 8.66. The van der Waals surface area contributed by atoms with Crippen molar-refractivity contribution in [2.24, 2.45) is 0 Å². The number of aromatic nitrogens is 2.